The van der Waals surface area contributed by atoms with Crippen LogP contribution in [0.5, 0.6) is 0 Å². The van der Waals surface area contributed by atoms with E-state index in [0.29, 0.717) is 0 Å². The fraction of sp³-hybridized carbons (Fsp3) is 0.333. The summed E-state index contributed by atoms with van der Waals surface area (Å²) in [5.41, 5.74) is 1.12. The van der Waals surface area contributed by atoms with Gasteiger partial charge in [0.1, 0.15) is 0 Å². The van der Waals surface area contributed by atoms with Gasteiger partial charge >= 0.3 is 0 Å². The van der Waals surface area contributed by atoms with Gasteiger partial charge in [0.25, 0.3) is 0 Å². The van der Waals surface area contributed by atoms with Gasteiger partial charge in [-0.25, -0.2) is 0 Å². The van der Waals surface area contributed by atoms with Crippen LogP contribution < -0.4 is 5.32 Å². The van der Waals surface area contributed by atoms with E-state index in [0.717, 1.165) is 12.1 Å². The van der Waals surface area contributed by atoms with Gasteiger partial charge in [-0.05, 0) is 12.5 Å². The lowest BCUT2D eigenvalue weighted by Crippen LogP contribution is -2.24. The van der Waals surface area contributed by atoms with Crippen LogP contribution in [-0.2, 0) is 0 Å². The molecule has 0 aliphatic heterocycles. The molecule has 1 unspecified atom stereocenters. The third-order valence-electron chi connectivity index (χ3n) is 2.10. The van der Waals surface area contributed by atoms with Gasteiger partial charge in [0, 0.05) is 6.54 Å². The maximum atomic E-state index is 9.19. The van der Waals surface area contributed by atoms with E-state index < -0.39 is 0 Å². The third kappa shape index (κ3) is 3.32. The third-order valence-corrected chi connectivity index (χ3v) is 2.10. The van der Waals surface area contributed by atoms with Crippen molar-refractivity contribution in [3.8, 4) is 0 Å². The Labute approximate surface area is 85.3 Å². The van der Waals surface area contributed by atoms with Gasteiger partial charge in [-0.3, -0.25) is 0 Å². The largest absolute Gasteiger partial charge is 0.394 e. The van der Waals surface area contributed by atoms with Crippen LogP contribution in [0.15, 0.2) is 42.5 Å². The number of allylic oxidation sites excluding steroid dienone is 1. The second-order valence-corrected chi connectivity index (χ2v) is 3.12. The Kier molecular flexibility index (Phi) is 4.97. The van der Waals surface area contributed by atoms with Crippen molar-refractivity contribution in [1.82, 2.24) is 5.32 Å². The molecule has 0 bridgehead atoms. The van der Waals surface area contributed by atoms with Crippen molar-refractivity contribution in [3.63, 3.8) is 0 Å². The second-order valence-electron chi connectivity index (χ2n) is 3.12. The summed E-state index contributed by atoms with van der Waals surface area (Å²) in [6, 6.07) is 10.0. The first-order valence-corrected chi connectivity index (χ1v) is 4.88. The Morgan fingerprint density at radius 3 is 2.64 bits per heavy atom. The van der Waals surface area contributed by atoms with Crippen molar-refractivity contribution in [2.45, 2.75) is 13.0 Å². The van der Waals surface area contributed by atoms with Crippen molar-refractivity contribution in [2.24, 2.45) is 0 Å². The first-order valence-electron chi connectivity index (χ1n) is 4.88. The van der Waals surface area contributed by atoms with Gasteiger partial charge in [0.15, 0.2) is 0 Å². The van der Waals surface area contributed by atoms with Gasteiger partial charge in [-0.1, -0.05) is 42.5 Å². The van der Waals surface area contributed by atoms with Gasteiger partial charge < -0.3 is 10.4 Å². The highest BCUT2D eigenvalue weighted by atomic mass is 16.3. The molecule has 0 saturated heterocycles. The minimum Gasteiger partial charge on any atom is -0.394 e. The van der Waals surface area contributed by atoms with E-state index in [1.54, 1.807) is 0 Å². The highest BCUT2D eigenvalue weighted by Crippen LogP contribution is 2.10. The summed E-state index contributed by atoms with van der Waals surface area (Å²) in [6.45, 7) is 2.90. The molecule has 1 atom stereocenters. The normalized spacial score (nSPS) is 13.3. The Hall–Kier alpha value is -1.12. The topological polar surface area (TPSA) is 32.3 Å². The summed E-state index contributed by atoms with van der Waals surface area (Å²) in [7, 11) is 0. The van der Waals surface area contributed by atoms with E-state index in [1.165, 1.54) is 0 Å². The summed E-state index contributed by atoms with van der Waals surface area (Å²) in [4.78, 5) is 0. The molecule has 2 N–H and O–H groups in total. The molecule has 0 saturated carbocycles. The van der Waals surface area contributed by atoms with Crippen LogP contribution >= 0.6 is 0 Å². The van der Waals surface area contributed by atoms with E-state index in [9.17, 15) is 5.11 Å². The predicted molar refractivity (Wildman–Crippen MR) is 59.1 cm³/mol. The van der Waals surface area contributed by atoms with Crippen LogP contribution in [0.3, 0.4) is 0 Å². The van der Waals surface area contributed by atoms with E-state index in [1.807, 2.05) is 49.4 Å². The summed E-state index contributed by atoms with van der Waals surface area (Å²) >= 11 is 0. The average molecular weight is 191 g/mol. The maximum absolute atomic E-state index is 9.19. The number of nitrogens with one attached hydrogen (secondary N) is 1. The van der Waals surface area contributed by atoms with Crippen LogP contribution in [0.25, 0.3) is 0 Å². The molecule has 0 spiro atoms. The number of rotatable bonds is 5. The van der Waals surface area contributed by atoms with Crippen LogP contribution in [0.2, 0.25) is 0 Å². The molecule has 0 aromatic heterocycles. The lowest BCUT2D eigenvalue weighted by molar-refractivity contribution is 0.248. The van der Waals surface area contributed by atoms with E-state index in [2.05, 4.69) is 5.32 Å². The molecule has 0 aliphatic rings. The van der Waals surface area contributed by atoms with Gasteiger partial charge in [-0.15, -0.1) is 0 Å². The summed E-state index contributed by atoms with van der Waals surface area (Å²) in [6.07, 6.45) is 4.03. The molecular weight excluding hydrogens is 174 g/mol. The highest BCUT2D eigenvalue weighted by Gasteiger charge is 2.06. The zero-order valence-electron chi connectivity index (χ0n) is 8.48. The molecular formula is C12H17NO. The quantitative estimate of drug-likeness (QED) is 0.696. The molecule has 76 valence electrons. The number of aliphatic hydroxyl groups is 1. The molecule has 0 heterocycles. The van der Waals surface area contributed by atoms with Gasteiger partial charge in [0.05, 0.1) is 12.6 Å². The molecule has 2 heteroatoms. The van der Waals surface area contributed by atoms with Crippen LogP contribution in [0.1, 0.15) is 18.5 Å². The number of hydrogen-bond acceptors (Lipinski definition) is 2. The maximum Gasteiger partial charge on any atom is 0.0626 e. The summed E-state index contributed by atoms with van der Waals surface area (Å²) < 4.78 is 0. The van der Waals surface area contributed by atoms with Crippen LogP contribution in [-0.4, -0.2) is 18.3 Å². The molecule has 0 aliphatic carbocycles. The molecule has 1 aromatic rings. The minimum absolute atomic E-state index is 0.0346. The summed E-state index contributed by atoms with van der Waals surface area (Å²) in [5, 5.41) is 12.4. The summed E-state index contributed by atoms with van der Waals surface area (Å²) in [5.74, 6) is 0. The average Bonchev–Trinajstić information content (AvgIpc) is 2.26. The fourth-order valence-electron chi connectivity index (χ4n) is 1.30. The predicted octanol–water partition coefficient (Wildman–Crippen LogP) is 1.89. The smallest absolute Gasteiger partial charge is 0.0626 e. The van der Waals surface area contributed by atoms with Gasteiger partial charge in [-0.2, -0.15) is 0 Å². The monoisotopic (exact) mass is 191 g/mol. The minimum atomic E-state index is 0.0346. The number of aliphatic hydroxyl groups excluding tert-OH is 1. The van der Waals surface area contributed by atoms with Crippen molar-refractivity contribution in [2.75, 3.05) is 13.2 Å². The van der Waals surface area contributed by atoms with E-state index in [-0.39, 0.29) is 12.6 Å². The zero-order chi connectivity index (χ0) is 10.2. The molecule has 0 radical (unpaired) electrons. The Bertz CT molecular complexity index is 269. The standard InChI is InChI=1S/C12H17NO/c1-2-3-9-13-12(10-14)11-7-5-4-6-8-11/h2-8,12-14H,9-10H2,1H3/b3-2+. The fourth-order valence-corrected chi connectivity index (χ4v) is 1.30. The lowest BCUT2D eigenvalue weighted by atomic mass is 10.1. The number of hydrogen-bond donors (Lipinski definition) is 2. The van der Waals surface area contributed by atoms with Gasteiger partial charge in [0.2, 0.25) is 0 Å². The second kappa shape index (κ2) is 6.35. The Balaban J connectivity index is 2.54. The molecule has 0 fully saturated rings. The number of benzene rings is 1. The molecule has 1 rings (SSSR count). The Morgan fingerprint density at radius 1 is 1.36 bits per heavy atom. The van der Waals surface area contributed by atoms with Crippen molar-refractivity contribution >= 4 is 0 Å². The Morgan fingerprint density at radius 2 is 2.07 bits per heavy atom. The first kappa shape index (κ1) is 11.0. The van der Waals surface area contributed by atoms with Crippen molar-refractivity contribution in [3.05, 3.63) is 48.0 Å². The first-order chi connectivity index (χ1) is 6.88. The molecule has 0 amide bonds. The van der Waals surface area contributed by atoms with E-state index in [4.69, 9.17) is 0 Å². The molecule has 2 nitrogen and oxygen atoms in total. The molecule has 1 aromatic carbocycles. The van der Waals surface area contributed by atoms with E-state index >= 15 is 0 Å². The van der Waals surface area contributed by atoms with Crippen LogP contribution in [0.4, 0.5) is 0 Å². The molecule has 14 heavy (non-hydrogen) atoms. The SMILES string of the molecule is C/C=C/CNC(CO)c1ccccc1. The zero-order valence-corrected chi connectivity index (χ0v) is 8.48. The van der Waals surface area contributed by atoms with Crippen LogP contribution in [0, 0.1) is 0 Å². The lowest BCUT2D eigenvalue weighted by Gasteiger charge is -2.15. The van der Waals surface area contributed by atoms with Crippen molar-refractivity contribution < 1.29 is 5.11 Å². The highest BCUT2D eigenvalue weighted by molar-refractivity contribution is 5.18. The van der Waals surface area contributed by atoms with Crippen molar-refractivity contribution in [1.29, 1.82) is 0 Å².